The van der Waals surface area contributed by atoms with Crippen molar-refractivity contribution in [3.05, 3.63) is 42.7 Å². The van der Waals surface area contributed by atoms with Crippen molar-refractivity contribution in [2.75, 3.05) is 0 Å². The summed E-state index contributed by atoms with van der Waals surface area (Å²) in [7, 11) is 0. The third-order valence-electron chi connectivity index (χ3n) is 6.94. The number of nitrogens with zero attached hydrogens (tertiary/aromatic N) is 2. The molecule has 28 heavy (non-hydrogen) atoms. The number of fused-ring (bicyclic) bond motifs is 3. The highest BCUT2D eigenvalue weighted by Crippen LogP contribution is 2.41. The van der Waals surface area contributed by atoms with Crippen LogP contribution in [0.2, 0.25) is 0 Å². The van der Waals surface area contributed by atoms with E-state index in [1.165, 1.54) is 36.6 Å². The van der Waals surface area contributed by atoms with Gasteiger partial charge in [-0.25, -0.2) is 4.98 Å². The van der Waals surface area contributed by atoms with Gasteiger partial charge in [-0.05, 0) is 74.5 Å². The maximum atomic E-state index is 12.8. The molecule has 1 atom stereocenters. The van der Waals surface area contributed by atoms with Crippen LogP contribution in [0.15, 0.2) is 30.7 Å². The van der Waals surface area contributed by atoms with Crippen LogP contribution in [0.3, 0.4) is 0 Å². The van der Waals surface area contributed by atoms with E-state index >= 15 is 0 Å². The molecule has 0 amide bonds. The highest BCUT2D eigenvalue weighted by molar-refractivity contribution is 6.05. The largest absolute Gasteiger partial charge is 0.346 e. The van der Waals surface area contributed by atoms with Gasteiger partial charge in [0.15, 0.2) is 0 Å². The van der Waals surface area contributed by atoms with Crippen molar-refractivity contribution in [2.24, 2.45) is 11.8 Å². The lowest BCUT2D eigenvalue weighted by molar-refractivity contribution is -0.124. The van der Waals surface area contributed by atoms with Gasteiger partial charge in [0.1, 0.15) is 11.4 Å². The summed E-state index contributed by atoms with van der Waals surface area (Å²) in [6.45, 7) is 0. The highest BCUT2D eigenvalue weighted by Gasteiger charge is 2.29. The van der Waals surface area contributed by atoms with Crippen molar-refractivity contribution in [3.63, 3.8) is 0 Å². The molecule has 0 saturated heterocycles. The smallest absolute Gasteiger partial charge is 0.137 e. The first-order valence-corrected chi connectivity index (χ1v) is 10.9. The molecule has 1 N–H and O–H groups in total. The summed E-state index contributed by atoms with van der Waals surface area (Å²) in [4.78, 5) is 25.1. The Kier molecular flexibility index (Phi) is 4.87. The number of aromatic amines is 1. The van der Waals surface area contributed by atoms with Gasteiger partial charge >= 0.3 is 0 Å². The molecule has 0 aromatic carbocycles. The Morgan fingerprint density at radius 1 is 1.07 bits per heavy atom. The van der Waals surface area contributed by atoms with Crippen molar-refractivity contribution >= 4 is 27.7 Å². The number of H-pyrrole nitrogens is 1. The molecule has 1 radical (unpaired) electrons. The van der Waals surface area contributed by atoms with Crippen LogP contribution in [0, 0.1) is 18.3 Å². The molecule has 3 aromatic rings. The van der Waals surface area contributed by atoms with Gasteiger partial charge in [-0.15, -0.1) is 0 Å². The molecule has 2 fully saturated rings. The number of ketones is 1. The zero-order chi connectivity index (χ0) is 18.9. The van der Waals surface area contributed by atoms with Crippen LogP contribution in [0.4, 0.5) is 0 Å². The first-order chi connectivity index (χ1) is 13.8. The Bertz CT molecular complexity index is 978. The minimum Gasteiger partial charge on any atom is -0.346 e. The van der Waals surface area contributed by atoms with Gasteiger partial charge in [0, 0.05) is 35.5 Å². The van der Waals surface area contributed by atoms with E-state index in [4.69, 9.17) is 0 Å². The lowest BCUT2D eigenvalue weighted by Crippen LogP contribution is -2.24. The maximum absolute atomic E-state index is 12.8. The normalized spacial score (nSPS) is 24.0. The summed E-state index contributed by atoms with van der Waals surface area (Å²) in [5, 5.41) is 2.40. The fraction of sp³-hybridized carbons (Fsp3) is 0.500. The Balaban J connectivity index is 1.32. The molecule has 4 nitrogen and oxygen atoms in total. The molecule has 2 saturated carbocycles. The summed E-state index contributed by atoms with van der Waals surface area (Å²) < 4.78 is 0. The SMILES string of the molecule is O=C(CC1[CH]CCCC1)C1CCC(c2ccnc3cnc4[nH]ccc4c23)CC1. The van der Waals surface area contributed by atoms with Gasteiger partial charge in [0.2, 0.25) is 0 Å². The third-order valence-corrected chi connectivity index (χ3v) is 6.94. The Morgan fingerprint density at radius 3 is 2.79 bits per heavy atom. The number of hydrogen-bond donors (Lipinski definition) is 1. The van der Waals surface area contributed by atoms with Gasteiger partial charge in [-0.2, -0.15) is 0 Å². The fourth-order valence-corrected chi connectivity index (χ4v) is 5.38. The Morgan fingerprint density at radius 2 is 1.96 bits per heavy atom. The maximum Gasteiger partial charge on any atom is 0.137 e. The van der Waals surface area contributed by atoms with Crippen molar-refractivity contribution in [1.29, 1.82) is 0 Å². The number of hydrogen-bond acceptors (Lipinski definition) is 3. The summed E-state index contributed by atoms with van der Waals surface area (Å²) in [6.07, 6.45) is 18.2. The minimum absolute atomic E-state index is 0.272. The molecule has 5 rings (SSSR count). The second kappa shape index (κ2) is 7.65. The van der Waals surface area contributed by atoms with Crippen molar-refractivity contribution in [3.8, 4) is 0 Å². The van der Waals surface area contributed by atoms with Gasteiger partial charge in [-0.1, -0.05) is 12.8 Å². The van der Waals surface area contributed by atoms with Crippen molar-refractivity contribution in [2.45, 2.75) is 63.7 Å². The zero-order valence-corrected chi connectivity index (χ0v) is 16.4. The van der Waals surface area contributed by atoms with E-state index in [0.717, 1.165) is 48.7 Å². The number of carbonyl (C=O) groups is 1. The van der Waals surface area contributed by atoms with Crippen LogP contribution in [0.5, 0.6) is 0 Å². The zero-order valence-electron chi connectivity index (χ0n) is 16.4. The molecule has 0 aliphatic heterocycles. The van der Waals surface area contributed by atoms with E-state index in [-0.39, 0.29) is 5.92 Å². The number of aromatic nitrogens is 3. The number of pyridine rings is 2. The van der Waals surface area contributed by atoms with Crippen LogP contribution < -0.4 is 0 Å². The first-order valence-electron chi connectivity index (χ1n) is 10.9. The molecule has 1 unspecified atom stereocenters. The van der Waals surface area contributed by atoms with E-state index < -0.39 is 0 Å². The molecular formula is C24H28N3O. The standard InChI is InChI=1S/C24H28N3O/c28-22(14-16-4-2-1-3-5-16)18-8-6-17(7-9-18)19-10-12-25-21-15-27-24-20(23(19)21)11-13-26-24/h4,10-13,15-18H,1-3,5-9,14H2,(H,26,27). The number of carbonyl (C=O) groups excluding carboxylic acids is 1. The van der Waals surface area contributed by atoms with Crippen molar-refractivity contribution < 1.29 is 4.79 Å². The predicted octanol–water partition coefficient (Wildman–Crippen LogP) is 5.74. The lowest BCUT2D eigenvalue weighted by atomic mass is 9.74. The van der Waals surface area contributed by atoms with Gasteiger partial charge in [0.05, 0.1) is 11.7 Å². The molecule has 0 spiro atoms. The Hall–Kier alpha value is -2.23. The van der Waals surface area contributed by atoms with Crippen LogP contribution in [-0.4, -0.2) is 20.7 Å². The summed E-state index contributed by atoms with van der Waals surface area (Å²) in [5.74, 6) is 1.83. The van der Waals surface area contributed by atoms with Crippen molar-refractivity contribution in [1.82, 2.24) is 15.0 Å². The number of rotatable bonds is 4. The molecule has 2 aliphatic carbocycles. The average molecular weight is 375 g/mol. The van der Waals surface area contributed by atoms with Crippen LogP contribution >= 0.6 is 0 Å². The molecule has 3 aromatic heterocycles. The molecule has 2 aliphatic rings. The van der Waals surface area contributed by atoms with E-state index in [2.05, 4.69) is 33.5 Å². The topological polar surface area (TPSA) is 58.6 Å². The van der Waals surface area contributed by atoms with Crippen LogP contribution in [0.25, 0.3) is 21.9 Å². The van der Waals surface area contributed by atoms with E-state index in [0.29, 0.717) is 17.6 Å². The quantitative estimate of drug-likeness (QED) is 0.633. The van der Waals surface area contributed by atoms with Gasteiger partial charge in [0.25, 0.3) is 0 Å². The fourth-order valence-electron chi connectivity index (χ4n) is 5.38. The monoisotopic (exact) mass is 374 g/mol. The predicted molar refractivity (Wildman–Crippen MR) is 112 cm³/mol. The van der Waals surface area contributed by atoms with Gasteiger partial charge in [-0.3, -0.25) is 9.78 Å². The van der Waals surface area contributed by atoms with Crippen LogP contribution in [-0.2, 0) is 4.79 Å². The number of Topliss-reactive ketones (excluding diaryl/α,β-unsaturated/α-hetero) is 1. The van der Waals surface area contributed by atoms with E-state index in [9.17, 15) is 4.79 Å². The first kappa shape index (κ1) is 17.8. The molecule has 4 heteroatoms. The lowest BCUT2D eigenvalue weighted by Gasteiger charge is -2.30. The Labute approximate surface area is 166 Å². The second-order valence-corrected chi connectivity index (χ2v) is 8.66. The number of nitrogens with one attached hydrogen (secondary N) is 1. The van der Waals surface area contributed by atoms with Gasteiger partial charge < -0.3 is 4.98 Å². The highest BCUT2D eigenvalue weighted by atomic mass is 16.1. The summed E-state index contributed by atoms with van der Waals surface area (Å²) in [6, 6.07) is 4.28. The molecule has 145 valence electrons. The minimum atomic E-state index is 0.272. The molecule has 0 bridgehead atoms. The molecular weight excluding hydrogens is 346 g/mol. The summed E-state index contributed by atoms with van der Waals surface area (Å²) >= 11 is 0. The summed E-state index contributed by atoms with van der Waals surface area (Å²) in [5.41, 5.74) is 3.27. The molecule has 3 heterocycles. The van der Waals surface area contributed by atoms with Crippen LogP contribution in [0.1, 0.15) is 69.3 Å². The average Bonchev–Trinajstić information content (AvgIpc) is 3.23. The second-order valence-electron chi connectivity index (χ2n) is 8.66. The van der Waals surface area contributed by atoms with E-state index in [1.807, 2.05) is 18.6 Å². The van der Waals surface area contributed by atoms with E-state index in [1.54, 1.807) is 0 Å². The third kappa shape index (κ3) is 3.34.